The van der Waals surface area contributed by atoms with Gasteiger partial charge in [-0.2, -0.15) is 0 Å². The van der Waals surface area contributed by atoms with E-state index < -0.39 is 53.5 Å². The van der Waals surface area contributed by atoms with Crippen LogP contribution in [0.15, 0.2) is 58.2 Å². The number of hydrogen-bond acceptors (Lipinski definition) is 11. The summed E-state index contributed by atoms with van der Waals surface area (Å²) < 4.78 is 21.7. The van der Waals surface area contributed by atoms with E-state index in [2.05, 4.69) is 0 Å². The van der Waals surface area contributed by atoms with Gasteiger partial charge in [0.2, 0.25) is 5.78 Å². The van der Waals surface area contributed by atoms with E-state index in [0.29, 0.717) is 10.8 Å². The van der Waals surface area contributed by atoms with E-state index in [1.54, 1.807) is 12.1 Å². The molecule has 0 radical (unpaired) electrons. The van der Waals surface area contributed by atoms with Crippen molar-refractivity contribution in [2.75, 3.05) is 14.2 Å². The molecule has 41 heavy (non-hydrogen) atoms. The summed E-state index contributed by atoms with van der Waals surface area (Å²) in [4.78, 5) is 52.0. The van der Waals surface area contributed by atoms with Crippen molar-refractivity contribution in [2.24, 2.45) is 0 Å². The highest BCUT2D eigenvalue weighted by atomic mass is 16.5. The number of phenolic OH excluding ortho intramolecular Hbond substituents is 2. The minimum absolute atomic E-state index is 0.0521. The third-order valence-corrected chi connectivity index (χ3v) is 7.40. The highest BCUT2D eigenvalue weighted by molar-refractivity contribution is 6.29. The number of rotatable bonds is 5. The normalized spacial score (nSPS) is 16.6. The first-order valence-corrected chi connectivity index (χ1v) is 12.5. The molecule has 0 amide bonds. The zero-order valence-corrected chi connectivity index (χ0v) is 21.7. The monoisotopic (exact) mass is 558 g/mol. The number of methoxy groups -OCH3 is 2. The van der Waals surface area contributed by atoms with Crippen LogP contribution in [-0.4, -0.2) is 59.1 Å². The first-order valence-electron chi connectivity index (χ1n) is 12.5. The molecule has 4 aromatic rings. The van der Waals surface area contributed by atoms with E-state index in [1.807, 2.05) is 0 Å². The summed E-state index contributed by atoms with van der Waals surface area (Å²) in [5.41, 5.74) is -0.227. The number of aliphatic hydroxyl groups excluding tert-OH is 1. The lowest BCUT2D eigenvalue weighted by Gasteiger charge is -2.35. The molecule has 11 heteroatoms. The van der Waals surface area contributed by atoms with E-state index in [1.165, 1.54) is 37.4 Å². The van der Waals surface area contributed by atoms with Crippen LogP contribution in [0.1, 0.15) is 44.4 Å². The number of benzene rings is 3. The molecule has 3 aromatic carbocycles. The zero-order valence-electron chi connectivity index (χ0n) is 21.7. The average molecular weight is 558 g/mol. The summed E-state index contributed by atoms with van der Waals surface area (Å²) in [6.07, 6.45) is -2.40. The number of Topliss-reactive ketones (excluding diaryl/α,β-unsaturated/α-hetero) is 2. The van der Waals surface area contributed by atoms with Crippen molar-refractivity contribution in [3.8, 4) is 17.2 Å². The molecule has 2 atom stereocenters. The van der Waals surface area contributed by atoms with Crippen molar-refractivity contribution in [1.82, 2.24) is 0 Å². The number of carbonyl (C=O) groups is 4. The largest absolute Gasteiger partial charge is 0.507 e. The number of esters is 2. The maximum Gasteiger partial charge on any atom is 0.313 e. The van der Waals surface area contributed by atoms with Gasteiger partial charge in [-0.1, -0.05) is 24.3 Å². The summed E-state index contributed by atoms with van der Waals surface area (Å²) in [6, 6.07) is 10.1. The number of allylic oxidation sites excluding steroid dienone is 1. The standard InChI is InChI=1S/C30H22O11/c1-38-19(34)10-12-9-15-23-24(18(33)11-20(35)39-2)25-26(36)13-5-3-7-16(31)21(13)27(37)30(25)41-29(23)22-14(28(15)40-12)6-4-8-17(22)32/h3-9,18,24,31-33H,10-11H2,1-2H3. The van der Waals surface area contributed by atoms with Crippen LogP contribution < -0.4 is 4.74 Å². The van der Waals surface area contributed by atoms with Crippen LogP contribution in [-0.2, 0) is 25.5 Å². The fourth-order valence-electron chi connectivity index (χ4n) is 5.62. The topological polar surface area (TPSA) is 170 Å². The van der Waals surface area contributed by atoms with Crippen molar-refractivity contribution < 1.29 is 53.1 Å². The van der Waals surface area contributed by atoms with Gasteiger partial charge in [0.1, 0.15) is 35.0 Å². The fraction of sp³-hybridized carbons (Fsp3) is 0.200. The molecule has 0 spiro atoms. The van der Waals surface area contributed by atoms with Gasteiger partial charge in [-0.05, 0) is 18.2 Å². The highest BCUT2D eigenvalue weighted by Gasteiger charge is 2.47. The number of furan rings is 1. The number of ketones is 2. The fourth-order valence-corrected chi connectivity index (χ4v) is 5.62. The molecule has 0 saturated heterocycles. The number of aliphatic hydroxyl groups is 1. The Morgan fingerprint density at radius 1 is 0.951 bits per heavy atom. The SMILES string of the molecule is COC(=O)Cc1cc2c3c(c4c(O)cccc4c2o1)OC1=C(C(=O)c2cccc(O)c2C1=O)C3C(O)CC(=O)OC. The molecule has 3 N–H and O–H groups in total. The van der Waals surface area contributed by atoms with Crippen molar-refractivity contribution in [2.45, 2.75) is 24.9 Å². The number of ether oxygens (including phenoxy) is 3. The van der Waals surface area contributed by atoms with E-state index in [4.69, 9.17) is 18.6 Å². The lowest BCUT2D eigenvalue weighted by atomic mass is 9.73. The Labute approximate surface area is 231 Å². The molecule has 0 saturated carbocycles. The predicted octanol–water partition coefficient (Wildman–Crippen LogP) is 3.45. The van der Waals surface area contributed by atoms with Gasteiger partial charge >= 0.3 is 11.9 Å². The molecule has 1 aliphatic heterocycles. The van der Waals surface area contributed by atoms with Crippen LogP contribution >= 0.6 is 0 Å². The Morgan fingerprint density at radius 2 is 1.66 bits per heavy atom. The first kappa shape index (κ1) is 26.1. The molecule has 1 aliphatic carbocycles. The Hall–Kier alpha value is -5.16. The number of hydrogen-bond donors (Lipinski definition) is 3. The molecule has 1 aromatic heterocycles. The van der Waals surface area contributed by atoms with E-state index >= 15 is 0 Å². The summed E-state index contributed by atoms with van der Waals surface area (Å²) in [5.74, 6) is -5.21. The molecule has 2 heterocycles. The van der Waals surface area contributed by atoms with E-state index in [-0.39, 0.29) is 56.9 Å². The first-order chi connectivity index (χ1) is 19.7. The number of carbonyl (C=O) groups excluding carboxylic acids is 4. The van der Waals surface area contributed by atoms with Gasteiger partial charge in [0.25, 0.3) is 0 Å². The summed E-state index contributed by atoms with van der Waals surface area (Å²) in [5, 5.41) is 33.7. The molecular formula is C30H22O11. The number of phenols is 2. The lowest BCUT2D eigenvalue weighted by molar-refractivity contribution is -0.143. The Balaban J connectivity index is 1.70. The third-order valence-electron chi connectivity index (χ3n) is 7.40. The van der Waals surface area contributed by atoms with Gasteiger partial charge in [0.15, 0.2) is 11.5 Å². The van der Waals surface area contributed by atoms with Crippen molar-refractivity contribution in [1.29, 1.82) is 0 Å². The molecule has 2 unspecified atom stereocenters. The van der Waals surface area contributed by atoms with E-state index in [9.17, 15) is 34.5 Å². The Morgan fingerprint density at radius 3 is 2.39 bits per heavy atom. The van der Waals surface area contributed by atoms with Crippen LogP contribution in [0.4, 0.5) is 0 Å². The quantitative estimate of drug-likeness (QED) is 0.307. The van der Waals surface area contributed by atoms with Gasteiger partial charge < -0.3 is 33.9 Å². The summed E-state index contributed by atoms with van der Waals surface area (Å²) in [6.45, 7) is 0. The highest BCUT2D eigenvalue weighted by Crippen LogP contribution is 2.54. The van der Waals surface area contributed by atoms with Crippen LogP contribution in [0.25, 0.3) is 21.7 Å². The Kier molecular flexibility index (Phi) is 6.04. The van der Waals surface area contributed by atoms with Crippen LogP contribution in [0.3, 0.4) is 0 Å². The van der Waals surface area contributed by atoms with Crippen LogP contribution in [0.2, 0.25) is 0 Å². The zero-order chi connectivity index (χ0) is 29.2. The number of fused-ring (bicyclic) bond motifs is 7. The minimum Gasteiger partial charge on any atom is -0.507 e. The van der Waals surface area contributed by atoms with Crippen molar-refractivity contribution >= 4 is 45.2 Å². The van der Waals surface area contributed by atoms with E-state index in [0.717, 1.165) is 7.11 Å². The molecule has 0 bridgehead atoms. The average Bonchev–Trinajstić information content (AvgIpc) is 3.38. The molecule has 6 rings (SSSR count). The summed E-state index contributed by atoms with van der Waals surface area (Å²) >= 11 is 0. The van der Waals surface area contributed by atoms with Gasteiger partial charge in [-0.3, -0.25) is 19.2 Å². The van der Waals surface area contributed by atoms with Crippen molar-refractivity contribution in [3.05, 3.63) is 76.2 Å². The van der Waals surface area contributed by atoms with Gasteiger partial charge in [0.05, 0.1) is 43.3 Å². The van der Waals surface area contributed by atoms with Gasteiger partial charge in [0, 0.05) is 27.8 Å². The summed E-state index contributed by atoms with van der Waals surface area (Å²) in [7, 11) is 2.37. The van der Waals surface area contributed by atoms with Crippen LogP contribution in [0.5, 0.6) is 17.2 Å². The second-order valence-electron chi connectivity index (χ2n) is 9.68. The molecular weight excluding hydrogens is 536 g/mol. The smallest absolute Gasteiger partial charge is 0.313 e. The second kappa shape index (κ2) is 9.49. The molecule has 11 nitrogen and oxygen atoms in total. The van der Waals surface area contributed by atoms with Crippen LogP contribution in [0, 0.1) is 0 Å². The lowest BCUT2D eigenvalue weighted by Crippen LogP contribution is -2.36. The predicted molar refractivity (Wildman–Crippen MR) is 141 cm³/mol. The van der Waals surface area contributed by atoms with Gasteiger partial charge in [-0.15, -0.1) is 0 Å². The third kappa shape index (κ3) is 3.85. The molecule has 2 aliphatic rings. The van der Waals surface area contributed by atoms with Gasteiger partial charge in [-0.25, -0.2) is 0 Å². The maximum atomic E-state index is 13.9. The molecule has 208 valence electrons. The minimum atomic E-state index is -1.60. The Bertz CT molecular complexity index is 1860. The maximum absolute atomic E-state index is 13.9. The second-order valence-corrected chi connectivity index (χ2v) is 9.68. The number of aromatic hydroxyl groups is 2. The molecule has 0 fully saturated rings. The van der Waals surface area contributed by atoms with Crippen molar-refractivity contribution in [3.63, 3.8) is 0 Å².